The van der Waals surface area contributed by atoms with Gasteiger partial charge in [0.15, 0.2) is 5.96 Å². The van der Waals surface area contributed by atoms with Gasteiger partial charge in [-0.2, -0.15) is 0 Å². The molecule has 1 heterocycles. The third kappa shape index (κ3) is 6.39. The summed E-state index contributed by atoms with van der Waals surface area (Å²) in [6.45, 7) is 3.35. The van der Waals surface area contributed by atoms with Crippen molar-refractivity contribution in [1.29, 1.82) is 0 Å². The van der Waals surface area contributed by atoms with E-state index in [-0.39, 0.29) is 30.1 Å². The van der Waals surface area contributed by atoms with Crippen LogP contribution in [0.15, 0.2) is 29.3 Å². The molecule has 2 aliphatic rings. The summed E-state index contributed by atoms with van der Waals surface area (Å²) >= 11 is 0. The topological polar surface area (TPSA) is 54.9 Å². The Hall–Kier alpha value is -0.860. The first-order valence-electron chi connectivity index (χ1n) is 9.62. The maximum atomic E-state index is 6.15. The molecule has 0 saturated carbocycles. The van der Waals surface area contributed by atoms with Crippen LogP contribution >= 0.6 is 24.0 Å². The molecule has 0 spiro atoms. The van der Waals surface area contributed by atoms with Crippen molar-refractivity contribution in [3.8, 4) is 0 Å². The Kier molecular flexibility index (Phi) is 9.71. The maximum Gasteiger partial charge on any atom is 0.191 e. The van der Waals surface area contributed by atoms with Gasteiger partial charge in [-0.3, -0.25) is 4.99 Å². The summed E-state index contributed by atoms with van der Waals surface area (Å²) in [6.07, 6.45) is 7.41. The van der Waals surface area contributed by atoms with Gasteiger partial charge in [-0.25, -0.2) is 0 Å². The summed E-state index contributed by atoms with van der Waals surface area (Å²) in [6, 6.07) is 8.69. The average molecular weight is 473 g/mol. The predicted molar refractivity (Wildman–Crippen MR) is 116 cm³/mol. The van der Waals surface area contributed by atoms with Gasteiger partial charge in [0, 0.05) is 33.4 Å². The highest BCUT2D eigenvalue weighted by molar-refractivity contribution is 14.0. The van der Waals surface area contributed by atoms with Gasteiger partial charge in [-0.05, 0) is 49.7 Å². The lowest BCUT2D eigenvalue weighted by atomic mass is 9.89. The third-order valence-corrected chi connectivity index (χ3v) is 4.99. The second-order valence-corrected chi connectivity index (χ2v) is 6.82. The highest BCUT2D eigenvalue weighted by Gasteiger charge is 2.20. The van der Waals surface area contributed by atoms with Crippen LogP contribution in [0.3, 0.4) is 0 Å². The van der Waals surface area contributed by atoms with Crippen molar-refractivity contribution >= 4 is 29.9 Å². The van der Waals surface area contributed by atoms with Gasteiger partial charge in [-0.1, -0.05) is 24.3 Å². The van der Waals surface area contributed by atoms with E-state index >= 15 is 0 Å². The van der Waals surface area contributed by atoms with Crippen LogP contribution in [-0.2, 0) is 15.9 Å². The Bertz CT molecular complexity index is 562. The minimum Gasteiger partial charge on any atom is -0.376 e. The fourth-order valence-corrected chi connectivity index (χ4v) is 3.62. The molecule has 1 saturated heterocycles. The van der Waals surface area contributed by atoms with E-state index in [1.54, 1.807) is 7.05 Å². The molecule has 1 aromatic carbocycles. The molecule has 0 bridgehead atoms. The Balaban J connectivity index is 0.00000243. The second kappa shape index (κ2) is 11.8. The van der Waals surface area contributed by atoms with Crippen molar-refractivity contribution in [1.82, 2.24) is 10.6 Å². The normalized spacial score (nSPS) is 22.4. The number of hydrogen-bond donors (Lipinski definition) is 2. The van der Waals surface area contributed by atoms with E-state index in [0.717, 1.165) is 51.5 Å². The summed E-state index contributed by atoms with van der Waals surface area (Å²) < 4.78 is 11.8. The van der Waals surface area contributed by atoms with E-state index in [1.807, 2.05) is 0 Å². The smallest absolute Gasteiger partial charge is 0.191 e. The van der Waals surface area contributed by atoms with Crippen molar-refractivity contribution in [3.05, 3.63) is 35.4 Å². The van der Waals surface area contributed by atoms with Crippen molar-refractivity contribution in [3.63, 3.8) is 0 Å². The Morgan fingerprint density at radius 3 is 2.92 bits per heavy atom. The average Bonchev–Trinajstić information content (AvgIpc) is 3.17. The molecule has 1 fully saturated rings. The molecule has 0 radical (unpaired) electrons. The lowest BCUT2D eigenvalue weighted by Gasteiger charge is -2.25. The fraction of sp³-hybridized carbons (Fsp3) is 0.650. The van der Waals surface area contributed by atoms with Crippen LogP contribution in [-0.4, -0.2) is 45.4 Å². The van der Waals surface area contributed by atoms with E-state index in [2.05, 4.69) is 39.9 Å². The van der Waals surface area contributed by atoms with Crippen LogP contribution in [0.4, 0.5) is 0 Å². The first-order valence-corrected chi connectivity index (χ1v) is 9.62. The number of benzene rings is 1. The molecule has 26 heavy (non-hydrogen) atoms. The number of rotatable bonds is 7. The number of ether oxygens (including phenoxy) is 2. The molecule has 146 valence electrons. The number of aryl methyl sites for hydroxylation is 1. The summed E-state index contributed by atoms with van der Waals surface area (Å²) in [5.41, 5.74) is 2.84. The van der Waals surface area contributed by atoms with Crippen molar-refractivity contribution in [2.75, 3.05) is 33.4 Å². The molecule has 1 aliphatic heterocycles. The molecule has 0 aromatic heterocycles. The Morgan fingerprint density at radius 1 is 1.23 bits per heavy atom. The van der Waals surface area contributed by atoms with E-state index in [0.29, 0.717) is 6.10 Å². The zero-order valence-corrected chi connectivity index (χ0v) is 18.0. The molecule has 3 rings (SSSR count). The minimum atomic E-state index is 0. The second-order valence-electron chi connectivity index (χ2n) is 6.82. The van der Waals surface area contributed by atoms with Gasteiger partial charge < -0.3 is 20.1 Å². The monoisotopic (exact) mass is 473 g/mol. The van der Waals surface area contributed by atoms with Gasteiger partial charge in [0.2, 0.25) is 0 Å². The van der Waals surface area contributed by atoms with E-state index in [4.69, 9.17) is 9.47 Å². The van der Waals surface area contributed by atoms with Gasteiger partial charge in [0.25, 0.3) is 0 Å². The number of hydrogen-bond acceptors (Lipinski definition) is 3. The van der Waals surface area contributed by atoms with Crippen molar-refractivity contribution in [2.24, 2.45) is 4.99 Å². The molecule has 6 heteroatoms. The summed E-state index contributed by atoms with van der Waals surface area (Å²) in [7, 11) is 1.81. The first-order chi connectivity index (χ1) is 12.4. The van der Waals surface area contributed by atoms with E-state index in [9.17, 15) is 0 Å². The largest absolute Gasteiger partial charge is 0.376 e. The number of nitrogens with one attached hydrogen (secondary N) is 2. The molecule has 2 N–H and O–H groups in total. The van der Waals surface area contributed by atoms with Crippen LogP contribution in [0.25, 0.3) is 0 Å². The molecule has 1 aromatic rings. The number of halogens is 1. The summed E-state index contributed by atoms with van der Waals surface area (Å²) in [5, 5.41) is 6.69. The van der Waals surface area contributed by atoms with Crippen LogP contribution in [0.5, 0.6) is 0 Å². The zero-order valence-electron chi connectivity index (χ0n) is 15.7. The number of nitrogens with zero attached hydrogens (tertiary/aromatic N) is 1. The first kappa shape index (κ1) is 21.4. The minimum absolute atomic E-state index is 0. The van der Waals surface area contributed by atoms with Gasteiger partial charge in [-0.15, -0.1) is 24.0 Å². The molecule has 2 unspecified atom stereocenters. The van der Waals surface area contributed by atoms with Crippen LogP contribution in [0.2, 0.25) is 0 Å². The lowest BCUT2D eigenvalue weighted by Crippen LogP contribution is -2.41. The molecule has 5 nitrogen and oxygen atoms in total. The lowest BCUT2D eigenvalue weighted by molar-refractivity contribution is 0.0398. The maximum absolute atomic E-state index is 6.15. The molecule has 1 aliphatic carbocycles. The highest BCUT2D eigenvalue weighted by atomic mass is 127. The fourth-order valence-electron chi connectivity index (χ4n) is 3.62. The zero-order chi connectivity index (χ0) is 17.3. The number of fused-ring (bicyclic) bond motifs is 1. The molecular formula is C20H32IN3O2. The van der Waals surface area contributed by atoms with Crippen LogP contribution < -0.4 is 10.6 Å². The SMILES string of the molecule is CN=C(NCCCOC1CCCc2ccccc21)NCC1CCCO1.I. The molecule has 0 amide bonds. The summed E-state index contributed by atoms with van der Waals surface area (Å²) in [4.78, 5) is 4.26. The van der Waals surface area contributed by atoms with Gasteiger partial charge in [0.1, 0.15) is 0 Å². The van der Waals surface area contributed by atoms with Crippen molar-refractivity contribution < 1.29 is 9.47 Å². The predicted octanol–water partition coefficient (Wildman–Crippen LogP) is 3.43. The van der Waals surface area contributed by atoms with Gasteiger partial charge >= 0.3 is 0 Å². The third-order valence-electron chi connectivity index (χ3n) is 4.99. The van der Waals surface area contributed by atoms with E-state index < -0.39 is 0 Å². The Morgan fingerprint density at radius 2 is 2.12 bits per heavy atom. The van der Waals surface area contributed by atoms with E-state index in [1.165, 1.54) is 30.4 Å². The standard InChI is InChI=1S/C20H31N3O2.HI/c1-21-20(23-15-17-9-5-13-24-17)22-12-6-14-25-19-11-4-8-16-7-2-3-10-18(16)19;/h2-3,7,10,17,19H,4-6,8-9,11-15H2,1H3,(H2,21,22,23);1H. The quantitative estimate of drug-likeness (QED) is 0.276. The van der Waals surface area contributed by atoms with Crippen LogP contribution in [0, 0.1) is 0 Å². The van der Waals surface area contributed by atoms with Crippen molar-refractivity contribution in [2.45, 2.75) is 50.7 Å². The van der Waals surface area contributed by atoms with Gasteiger partial charge in [0.05, 0.1) is 12.2 Å². The number of guanidine groups is 1. The summed E-state index contributed by atoms with van der Waals surface area (Å²) in [5.74, 6) is 0.846. The number of aliphatic imine (C=N–C) groups is 1. The molecule has 2 atom stereocenters. The highest BCUT2D eigenvalue weighted by Crippen LogP contribution is 2.32. The molecular weight excluding hydrogens is 441 g/mol. The van der Waals surface area contributed by atoms with Crippen LogP contribution in [0.1, 0.15) is 49.3 Å². The Labute approximate surface area is 174 Å².